The normalized spacial score (nSPS) is 16.6. The Bertz CT molecular complexity index is 963. The molecule has 5 nitrogen and oxygen atoms in total. The van der Waals surface area contributed by atoms with Crippen molar-refractivity contribution in [3.63, 3.8) is 0 Å². The molecule has 2 N–H and O–H groups in total. The molecule has 1 aliphatic heterocycles. The molecule has 0 bridgehead atoms. The molecule has 0 amide bonds. The van der Waals surface area contributed by atoms with Crippen LogP contribution in [-0.2, 0) is 4.79 Å². The predicted molar refractivity (Wildman–Crippen MR) is 98.8 cm³/mol. The van der Waals surface area contributed by atoms with Gasteiger partial charge in [0, 0.05) is 54.5 Å². The molecule has 0 spiro atoms. The summed E-state index contributed by atoms with van der Waals surface area (Å²) in [7, 11) is 0. The van der Waals surface area contributed by atoms with Gasteiger partial charge in [0.1, 0.15) is 17.7 Å². The van der Waals surface area contributed by atoms with Crippen LogP contribution in [0.25, 0.3) is 10.9 Å². The highest BCUT2D eigenvalue weighted by Gasteiger charge is 2.32. The van der Waals surface area contributed by atoms with Crippen molar-refractivity contribution in [2.45, 2.75) is 6.04 Å². The van der Waals surface area contributed by atoms with Crippen LogP contribution in [0.15, 0.2) is 48.7 Å². The summed E-state index contributed by atoms with van der Waals surface area (Å²) in [6.07, 6.45) is 1.65. The summed E-state index contributed by atoms with van der Waals surface area (Å²) >= 11 is 0. The number of carboxylic acids is 1. The molecule has 1 fully saturated rings. The Morgan fingerprint density at radius 3 is 2.33 bits per heavy atom. The van der Waals surface area contributed by atoms with E-state index in [4.69, 9.17) is 0 Å². The third-order valence-electron chi connectivity index (χ3n) is 5.08. The number of fused-ring (bicyclic) bond motifs is 1. The number of anilines is 1. The molecule has 0 aliphatic carbocycles. The first-order valence-corrected chi connectivity index (χ1v) is 8.77. The second-order valence-electron chi connectivity index (χ2n) is 6.67. The summed E-state index contributed by atoms with van der Waals surface area (Å²) < 4.78 is 26.5. The van der Waals surface area contributed by atoms with Crippen LogP contribution in [-0.4, -0.2) is 47.1 Å². The summed E-state index contributed by atoms with van der Waals surface area (Å²) in [5, 5.41) is 10.6. The Labute approximate surface area is 154 Å². The first-order valence-electron chi connectivity index (χ1n) is 8.77. The molecule has 27 heavy (non-hydrogen) atoms. The molecule has 0 saturated carbocycles. The Balaban J connectivity index is 1.55. The van der Waals surface area contributed by atoms with Crippen LogP contribution in [0, 0.1) is 11.6 Å². The van der Waals surface area contributed by atoms with Gasteiger partial charge in [0.05, 0.1) is 0 Å². The maximum atomic E-state index is 13.4. The van der Waals surface area contributed by atoms with Crippen molar-refractivity contribution in [3.05, 3.63) is 65.9 Å². The zero-order valence-electron chi connectivity index (χ0n) is 14.5. The van der Waals surface area contributed by atoms with Gasteiger partial charge in [-0.25, -0.2) is 8.78 Å². The van der Waals surface area contributed by atoms with Crippen LogP contribution in [0.3, 0.4) is 0 Å². The van der Waals surface area contributed by atoms with E-state index < -0.39 is 12.0 Å². The fourth-order valence-corrected chi connectivity index (χ4v) is 3.72. The molecular weight excluding hydrogens is 352 g/mol. The summed E-state index contributed by atoms with van der Waals surface area (Å²) in [5.74, 6) is -1.58. The van der Waals surface area contributed by atoms with Crippen LogP contribution in [0.1, 0.15) is 11.6 Å². The van der Waals surface area contributed by atoms with Crippen molar-refractivity contribution in [2.24, 2.45) is 0 Å². The molecule has 1 atom stereocenters. The Hall–Kier alpha value is -2.93. The maximum Gasteiger partial charge on any atom is 0.325 e. The van der Waals surface area contributed by atoms with E-state index in [1.807, 2.05) is 4.90 Å². The van der Waals surface area contributed by atoms with Gasteiger partial charge in [-0.2, -0.15) is 0 Å². The van der Waals surface area contributed by atoms with E-state index in [9.17, 15) is 18.7 Å². The zero-order chi connectivity index (χ0) is 19.0. The summed E-state index contributed by atoms with van der Waals surface area (Å²) in [6, 6.07) is 9.82. The summed E-state index contributed by atoms with van der Waals surface area (Å²) in [4.78, 5) is 19.0. The number of nitrogens with zero attached hydrogens (tertiary/aromatic N) is 2. The minimum absolute atomic E-state index is 0.279. The van der Waals surface area contributed by atoms with Crippen molar-refractivity contribution in [3.8, 4) is 0 Å². The van der Waals surface area contributed by atoms with Gasteiger partial charge in [0.25, 0.3) is 0 Å². The Morgan fingerprint density at radius 1 is 1.00 bits per heavy atom. The van der Waals surface area contributed by atoms with E-state index in [-0.39, 0.29) is 11.6 Å². The van der Waals surface area contributed by atoms with Gasteiger partial charge < -0.3 is 15.0 Å². The molecule has 0 unspecified atom stereocenters. The van der Waals surface area contributed by atoms with E-state index in [0.717, 1.165) is 5.69 Å². The number of H-pyrrole nitrogens is 1. The van der Waals surface area contributed by atoms with Crippen LogP contribution in [0.2, 0.25) is 0 Å². The molecule has 1 saturated heterocycles. The van der Waals surface area contributed by atoms with Gasteiger partial charge in [-0.1, -0.05) is 0 Å². The van der Waals surface area contributed by atoms with Gasteiger partial charge in [-0.3, -0.25) is 9.69 Å². The number of aliphatic carboxylic acids is 1. The molecule has 0 radical (unpaired) electrons. The van der Waals surface area contributed by atoms with Gasteiger partial charge in [0.15, 0.2) is 0 Å². The first-order chi connectivity index (χ1) is 13.0. The second-order valence-corrected chi connectivity index (χ2v) is 6.67. The fraction of sp³-hybridized carbons (Fsp3) is 0.250. The van der Waals surface area contributed by atoms with E-state index in [2.05, 4.69) is 9.88 Å². The van der Waals surface area contributed by atoms with Gasteiger partial charge in [-0.05, 0) is 42.5 Å². The molecule has 2 heterocycles. The number of rotatable bonds is 4. The van der Waals surface area contributed by atoms with Crippen LogP contribution in [0.4, 0.5) is 14.5 Å². The molecule has 4 rings (SSSR count). The van der Waals surface area contributed by atoms with Crippen LogP contribution < -0.4 is 4.90 Å². The number of aromatic amines is 1. The number of aromatic nitrogens is 1. The highest BCUT2D eigenvalue weighted by molar-refractivity contribution is 5.89. The lowest BCUT2D eigenvalue weighted by atomic mass is 10.0. The lowest BCUT2D eigenvalue weighted by Gasteiger charge is -2.38. The van der Waals surface area contributed by atoms with Crippen molar-refractivity contribution < 1.29 is 18.7 Å². The van der Waals surface area contributed by atoms with Crippen molar-refractivity contribution in [2.75, 3.05) is 31.1 Å². The van der Waals surface area contributed by atoms with Crippen LogP contribution in [0.5, 0.6) is 0 Å². The number of halogens is 2. The molecule has 1 aliphatic rings. The quantitative estimate of drug-likeness (QED) is 0.738. The highest BCUT2D eigenvalue weighted by atomic mass is 19.1. The molecule has 1 aromatic heterocycles. The highest BCUT2D eigenvalue weighted by Crippen LogP contribution is 2.30. The van der Waals surface area contributed by atoms with Gasteiger partial charge in [0.2, 0.25) is 0 Å². The Kier molecular flexibility index (Phi) is 4.53. The van der Waals surface area contributed by atoms with Crippen molar-refractivity contribution >= 4 is 22.6 Å². The van der Waals surface area contributed by atoms with E-state index in [1.54, 1.807) is 24.4 Å². The number of piperazine rings is 1. The number of hydrogen-bond donors (Lipinski definition) is 2. The summed E-state index contributed by atoms with van der Waals surface area (Å²) in [5.41, 5.74) is 2.14. The average molecular weight is 371 g/mol. The van der Waals surface area contributed by atoms with Crippen molar-refractivity contribution in [1.29, 1.82) is 0 Å². The standard InChI is InChI=1S/C20H19F2N3O2/c21-13-1-4-15(5-2-13)24-7-9-25(10-8-24)19(20(26)27)17-12-23-18-11-14(22)3-6-16(17)18/h1-6,11-12,19,23H,7-10H2,(H,26,27)/t19-/m1/s1. The number of hydrogen-bond acceptors (Lipinski definition) is 3. The van der Waals surface area contributed by atoms with Gasteiger partial charge >= 0.3 is 5.97 Å². The Morgan fingerprint density at radius 2 is 1.67 bits per heavy atom. The average Bonchev–Trinajstić information content (AvgIpc) is 3.05. The molecule has 7 heteroatoms. The first kappa shape index (κ1) is 17.5. The smallest absolute Gasteiger partial charge is 0.325 e. The number of carboxylic acid groups (broad SMARTS) is 1. The third kappa shape index (κ3) is 3.38. The molecule has 2 aromatic carbocycles. The fourth-order valence-electron chi connectivity index (χ4n) is 3.72. The van der Waals surface area contributed by atoms with E-state index >= 15 is 0 Å². The minimum atomic E-state index is -0.935. The second kappa shape index (κ2) is 7.00. The topological polar surface area (TPSA) is 59.6 Å². The lowest BCUT2D eigenvalue weighted by molar-refractivity contribution is -0.143. The van der Waals surface area contributed by atoms with E-state index in [0.29, 0.717) is 42.6 Å². The monoisotopic (exact) mass is 371 g/mol. The SMILES string of the molecule is O=C(O)[C@@H](c1c[nH]c2cc(F)ccc12)N1CCN(c2ccc(F)cc2)CC1. The number of carbonyl (C=O) groups is 1. The van der Waals surface area contributed by atoms with Gasteiger partial charge in [-0.15, -0.1) is 0 Å². The minimum Gasteiger partial charge on any atom is -0.480 e. The number of benzene rings is 2. The lowest BCUT2D eigenvalue weighted by Crippen LogP contribution is -2.49. The predicted octanol–water partition coefficient (Wildman–Crippen LogP) is 3.39. The maximum absolute atomic E-state index is 13.4. The summed E-state index contributed by atoms with van der Waals surface area (Å²) in [6.45, 7) is 2.41. The largest absolute Gasteiger partial charge is 0.480 e. The molecular formula is C20H19F2N3O2. The molecule has 140 valence electrons. The van der Waals surface area contributed by atoms with E-state index in [1.165, 1.54) is 24.3 Å². The molecule has 3 aromatic rings. The van der Waals surface area contributed by atoms with Crippen molar-refractivity contribution in [1.82, 2.24) is 9.88 Å². The third-order valence-corrected chi connectivity index (χ3v) is 5.08. The zero-order valence-corrected chi connectivity index (χ0v) is 14.5. The van der Waals surface area contributed by atoms with Crippen LogP contribution >= 0.6 is 0 Å². The number of nitrogens with one attached hydrogen (secondary N) is 1.